The van der Waals surface area contributed by atoms with Gasteiger partial charge in [0.1, 0.15) is 5.75 Å². The summed E-state index contributed by atoms with van der Waals surface area (Å²) in [5, 5.41) is 2.85. The normalized spacial score (nSPS) is 19.6. The van der Waals surface area contributed by atoms with Crippen LogP contribution in [-0.2, 0) is 19.6 Å². The smallest absolute Gasteiger partial charge is 0.406 e. The number of rotatable bonds is 5. The van der Waals surface area contributed by atoms with Crippen LogP contribution in [0.3, 0.4) is 0 Å². The zero-order chi connectivity index (χ0) is 23.5. The number of hydrogen-bond donors (Lipinski definition) is 1. The van der Waals surface area contributed by atoms with E-state index in [9.17, 15) is 31.2 Å². The Morgan fingerprint density at radius 2 is 1.69 bits per heavy atom. The maximum absolute atomic E-state index is 12.9. The highest BCUT2D eigenvalue weighted by atomic mass is 32.2. The molecule has 2 saturated heterocycles. The first-order valence-electron chi connectivity index (χ1n) is 10.4. The second kappa shape index (κ2) is 9.65. The minimum atomic E-state index is -4.92. The van der Waals surface area contributed by atoms with Gasteiger partial charge in [0.05, 0.1) is 4.90 Å². The van der Waals surface area contributed by atoms with Gasteiger partial charge >= 0.3 is 6.36 Å². The van der Waals surface area contributed by atoms with Crippen molar-refractivity contribution in [2.24, 2.45) is 5.92 Å². The molecule has 1 aromatic rings. The third-order valence-corrected chi connectivity index (χ3v) is 7.59. The first-order valence-corrected chi connectivity index (χ1v) is 11.8. The van der Waals surface area contributed by atoms with Crippen molar-refractivity contribution in [3.8, 4) is 5.75 Å². The summed E-state index contributed by atoms with van der Waals surface area (Å²) < 4.78 is 68.0. The van der Waals surface area contributed by atoms with Gasteiger partial charge in [-0.15, -0.1) is 13.2 Å². The van der Waals surface area contributed by atoms with Crippen LogP contribution in [0.25, 0.3) is 0 Å². The molecule has 178 valence electrons. The van der Waals surface area contributed by atoms with Crippen LogP contribution in [0.5, 0.6) is 5.75 Å². The summed E-state index contributed by atoms with van der Waals surface area (Å²) in [5.74, 6) is -1.03. The van der Waals surface area contributed by atoms with Crippen molar-refractivity contribution < 1.29 is 35.9 Å². The monoisotopic (exact) mass is 477 g/mol. The highest BCUT2D eigenvalue weighted by Crippen LogP contribution is 2.29. The first kappa shape index (κ1) is 24.3. The number of benzene rings is 1. The predicted octanol–water partition coefficient (Wildman–Crippen LogP) is 2.11. The van der Waals surface area contributed by atoms with Gasteiger partial charge in [0.2, 0.25) is 21.8 Å². The van der Waals surface area contributed by atoms with E-state index in [1.165, 1.54) is 23.4 Å². The lowest BCUT2D eigenvalue weighted by atomic mass is 9.95. The molecule has 0 saturated carbocycles. The summed E-state index contributed by atoms with van der Waals surface area (Å²) >= 11 is 0. The summed E-state index contributed by atoms with van der Waals surface area (Å²) in [6, 6.07) is 4.34. The number of piperidine rings is 2. The summed E-state index contributed by atoms with van der Waals surface area (Å²) in [6.45, 7) is 2.73. The van der Waals surface area contributed by atoms with Crippen LogP contribution in [0.15, 0.2) is 29.2 Å². The Morgan fingerprint density at radius 1 is 1.06 bits per heavy atom. The van der Waals surface area contributed by atoms with E-state index in [0.717, 1.165) is 12.1 Å². The Bertz CT molecular complexity index is 938. The Balaban J connectivity index is 1.56. The average molecular weight is 478 g/mol. The van der Waals surface area contributed by atoms with E-state index in [4.69, 9.17) is 0 Å². The molecule has 3 rings (SSSR count). The van der Waals surface area contributed by atoms with E-state index >= 15 is 0 Å². The molecule has 8 nitrogen and oxygen atoms in total. The van der Waals surface area contributed by atoms with Crippen molar-refractivity contribution in [1.29, 1.82) is 0 Å². The molecule has 12 heteroatoms. The van der Waals surface area contributed by atoms with Crippen molar-refractivity contribution in [3.05, 3.63) is 24.3 Å². The highest BCUT2D eigenvalue weighted by Gasteiger charge is 2.36. The van der Waals surface area contributed by atoms with Gasteiger partial charge in [0, 0.05) is 51.1 Å². The van der Waals surface area contributed by atoms with E-state index in [2.05, 4.69) is 10.1 Å². The molecule has 0 spiro atoms. The largest absolute Gasteiger partial charge is 0.573 e. The average Bonchev–Trinajstić information content (AvgIpc) is 2.72. The summed E-state index contributed by atoms with van der Waals surface area (Å²) in [6.07, 6.45) is -2.90. The molecule has 1 N–H and O–H groups in total. The molecule has 0 bridgehead atoms. The van der Waals surface area contributed by atoms with Crippen LogP contribution < -0.4 is 10.1 Å². The van der Waals surface area contributed by atoms with Gasteiger partial charge in [0.15, 0.2) is 0 Å². The van der Waals surface area contributed by atoms with Crippen LogP contribution >= 0.6 is 0 Å². The van der Waals surface area contributed by atoms with Crippen LogP contribution in [0.1, 0.15) is 32.6 Å². The van der Waals surface area contributed by atoms with Gasteiger partial charge in [0.25, 0.3) is 0 Å². The fourth-order valence-electron chi connectivity index (χ4n) is 4.11. The van der Waals surface area contributed by atoms with Crippen LogP contribution in [-0.4, -0.2) is 68.0 Å². The van der Waals surface area contributed by atoms with Crippen molar-refractivity contribution >= 4 is 21.8 Å². The topological polar surface area (TPSA) is 96.0 Å². The van der Waals surface area contributed by atoms with Gasteiger partial charge in [-0.25, -0.2) is 8.42 Å². The van der Waals surface area contributed by atoms with Gasteiger partial charge in [-0.2, -0.15) is 4.31 Å². The number of halogens is 3. The number of alkyl halides is 3. The molecule has 0 aliphatic carbocycles. The number of sulfonamides is 1. The van der Waals surface area contributed by atoms with E-state index in [0.29, 0.717) is 38.8 Å². The number of carbonyl (C=O) groups is 2. The van der Waals surface area contributed by atoms with Crippen molar-refractivity contribution in [2.45, 2.75) is 49.9 Å². The zero-order valence-electron chi connectivity index (χ0n) is 17.6. The SMILES string of the molecule is CC(=O)NC1CCN(C(=O)C2CCN(S(=O)(=O)c3cccc(OC(F)(F)F)c3)CC2)CC1. The number of nitrogens with zero attached hydrogens (tertiary/aromatic N) is 2. The van der Waals surface area contributed by atoms with E-state index < -0.39 is 22.1 Å². The first-order chi connectivity index (χ1) is 15.0. The number of ether oxygens (including phenoxy) is 1. The van der Waals surface area contributed by atoms with Gasteiger partial charge < -0.3 is 15.0 Å². The molecule has 2 aliphatic rings. The zero-order valence-corrected chi connectivity index (χ0v) is 18.4. The predicted molar refractivity (Wildman–Crippen MR) is 108 cm³/mol. The lowest BCUT2D eigenvalue weighted by Gasteiger charge is -2.37. The maximum Gasteiger partial charge on any atom is 0.573 e. The molecule has 0 atom stereocenters. The Kier molecular flexibility index (Phi) is 7.33. The van der Waals surface area contributed by atoms with E-state index in [-0.39, 0.29) is 41.8 Å². The second-order valence-electron chi connectivity index (χ2n) is 8.00. The second-order valence-corrected chi connectivity index (χ2v) is 9.94. The van der Waals surface area contributed by atoms with Gasteiger partial charge in [-0.05, 0) is 37.8 Å². The van der Waals surface area contributed by atoms with E-state index in [1.54, 1.807) is 4.90 Å². The molecular formula is C20H26F3N3O5S. The van der Waals surface area contributed by atoms with Crippen LogP contribution in [0.4, 0.5) is 13.2 Å². The number of likely N-dealkylation sites (tertiary alicyclic amines) is 1. The van der Waals surface area contributed by atoms with Gasteiger partial charge in [-0.1, -0.05) is 6.07 Å². The molecule has 2 fully saturated rings. The van der Waals surface area contributed by atoms with Crippen molar-refractivity contribution in [2.75, 3.05) is 26.2 Å². The Hall–Kier alpha value is -2.34. The summed E-state index contributed by atoms with van der Waals surface area (Å²) in [7, 11) is -4.01. The molecule has 1 aromatic carbocycles. The fraction of sp³-hybridized carbons (Fsp3) is 0.600. The molecule has 2 amide bonds. The maximum atomic E-state index is 12.9. The fourth-order valence-corrected chi connectivity index (χ4v) is 5.62. The molecule has 0 radical (unpaired) electrons. The molecule has 2 aliphatic heterocycles. The molecule has 0 aromatic heterocycles. The lowest BCUT2D eigenvalue weighted by molar-refractivity contribution is -0.274. The highest BCUT2D eigenvalue weighted by molar-refractivity contribution is 7.89. The lowest BCUT2D eigenvalue weighted by Crippen LogP contribution is -2.49. The summed E-state index contributed by atoms with van der Waals surface area (Å²) in [5.41, 5.74) is 0. The number of carbonyl (C=O) groups excluding carboxylic acids is 2. The molecule has 2 heterocycles. The van der Waals surface area contributed by atoms with Gasteiger partial charge in [-0.3, -0.25) is 9.59 Å². The van der Waals surface area contributed by atoms with Crippen LogP contribution in [0.2, 0.25) is 0 Å². The van der Waals surface area contributed by atoms with E-state index in [1.807, 2.05) is 0 Å². The minimum absolute atomic E-state index is 0.0242. The minimum Gasteiger partial charge on any atom is -0.406 e. The standard InChI is InChI=1S/C20H26F3N3O5S/c1-14(27)24-16-7-9-25(10-8-16)19(28)15-5-11-26(12-6-15)32(29,30)18-4-2-3-17(13-18)31-20(21,22)23/h2-4,13,15-16H,5-12H2,1H3,(H,24,27). The van der Waals surface area contributed by atoms with Crippen molar-refractivity contribution in [1.82, 2.24) is 14.5 Å². The molecular weight excluding hydrogens is 451 g/mol. The molecule has 32 heavy (non-hydrogen) atoms. The van der Waals surface area contributed by atoms with Crippen LogP contribution in [0, 0.1) is 5.92 Å². The third-order valence-electron chi connectivity index (χ3n) is 5.69. The third kappa shape index (κ3) is 6.12. The van der Waals surface area contributed by atoms with Crippen molar-refractivity contribution in [3.63, 3.8) is 0 Å². The Labute approximate surface area is 184 Å². The Morgan fingerprint density at radius 3 is 2.25 bits per heavy atom. The number of nitrogens with one attached hydrogen (secondary N) is 1. The molecule has 0 unspecified atom stereocenters. The number of hydrogen-bond acceptors (Lipinski definition) is 5. The quantitative estimate of drug-likeness (QED) is 0.701. The number of amides is 2. The summed E-state index contributed by atoms with van der Waals surface area (Å²) in [4.78, 5) is 25.5.